The number of hydrogen-bond donors (Lipinski definition) is 4. The molecule has 0 saturated carbocycles. The number of benzene rings is 2. The number of carbonyl (C=O) groups is 6. The van der Waals surface area contributed by atoms with Crippen LogP contribution in [0.2, 0.25) is 0 Å². The number of nitriles is 2. The van der Waals surface area contributed by atoms with Crippen molar-refractivity contribution < 1.29 is 93.9 Å². The average molecular weight is 1480 g/mol. The molecule has 8 heterocycles. The predicted molar refractivity (Wildman–Crippen MR) is 368 cm³/mol. The van der Waals surface area contributed by atoms with Crippen molar-refractivity contribution >= 4 is 74.0 Å². The molecule has 0 amide bonds. The van der Waals surface area contributed by atoms with Gasteiger partial charge in [0.2, 0.25) is 11.2 Å². The number of esters is 6. The summed E-state index contributed by atoms with van der Waals surface area (Å²) in [5.74, 6) is -6.24. The zero-order valence-corrected chi connectivity index (χ0v) is 61.5. The molecule has 0 unspecified atom stereocenters. The van der Waals surface area contributed by atoms with Gasteiger partial charge in [-0.05, 0) is 89.3 Å². The summed E-state index contributed by atoms with van der Waals surface area (Å²) in [5.41, 5.74) is 8.99. The number of fused-ring (bicyclic) bond motifs is 2. The Balaban J connectivity index is 0.000000241. The van der Waals surface area contributed by atoms with Crippen molar-refractivity contribution in [2.45, 2.75) is 154 Å². The van der Waals surface area contributed by atoms with E-state index in [1.807, 2.05) is 36.0 Å². The lowest BCUT2D eigenvalue weighted by Crippen LogP contribution is -2.50. The Morgan fingerprint density at radius 2 is 0.875 bits per heavy atom. The Morgan fingerprint density at radius 3 is 1.19 bits per heavy atom. The van der Waals surface area contributed by atoms with Crippen molar-refractivity contribution in [1.29, 1.82) is 10.5 Å². The first-order chi connectivity index (χ1) is 49.3. The van der Waals surface area contributed by atoms with Crippen LogP contribution in [-0.2, 0) is 84.8 Å². The maximum atomic E-state index is 14.5. The van der Waals surface area contributed by atoms with Crippen LogP contribution in [0.3, 0.4) is 0 Å². The number of nitrogen functional groups attached to an aromatic ring is 2. The minimum atomic E-state index is -4.57. The van der Waals surface area contributed by atoms with E-state index in [2.05, 4.69) is 30.3 Å². The molecule has 560 valence electrons. The molecule has 0 radical (unpaired) electrons. The zero-order valence-electron chi connectivity index (χ0n) is 59.7. The lowest BCUT2D eigenvalue weighted by Gasteiger charge is -2.31. The van der Waals surface area contributed by atoms with Crippen LogP contribution < -0.4 is 30.7 Å². The van der Waals surface area contributed by atoms with Gasteiger partial charge in [0.15, 0.2) is 36.1 Å². The number of carbonyl (C=O) groups excluding carboxylic acids is 6. The van der Waals surface area contributed by atoms with Gasteiger partial charge >= 0.3 is 51.3 Å². The lowest BCUT2D eigenvalue weighted by molar-refractivity contribution is -0.173. The Bertz CT molecular complexity index is 3970. The highest BCUT2D eigenvalue weighted by atomic mass is 31.2. The summed E-state index contributed by atoms with van der Waals surface area (Å²) in [7, 11) is -5.31. The second-order valence-corrected chi connectivity index (χ2v) is 30.3. The second kappa shape index (κ2) is 33.7. The standard InChI is InChI=1S/2C34H44N7O10P/c2*1-20(2)31(42)48-28-27(25-12-13-26-30(36)37-19-38-41(25)26)50-34(17-35,29(28)49-32(43)21(3)4)18-46-52(45,51-23-10-8-7-9-11-23)39-22(5)33(44)47-24-14-15-40(6)16-24/h2*7-13,19-22,24,27-29H,14-16,18H2,1-6H3,(H,39,45)(H2,36,37,38)/t22-,24+,27-,28-,29-,34+,52+;22-,24+,27-,28-,29-,34+,52-/m00/s1. The first-order valence-corrected chi connectivity index (χ1v) is 36.9. The normalized spacial score (nSPS) is 25.1. The minimum absolute atomic E-state index is 0.121. The SMILES string of the molecule is CC(C)C(=O)O[C@H]1[C@H](c2ccc3c(N)ncnn23)O[C@](C#N)(CO[P@@](=O)(N[C@@H](C)C(=O)O[C@@H]2CCN(C)C2)Oc2ccccc2)[C@H]1OC(=O)C(C)C.CC(C)C(=O)O[C@H]1[C@H](c2ccc3c(N)ncnn23)O[C@](C#N)(CO[P@](=O)(N[C@@H](C)C(=O)O[C@@H]2CCN(C)C2)Oc2ccccc2)[C@H]1OC(=O)C(C)C. The molecule has 34 nitrogen and oxygen atoms in total. The first-order valence-electron chi connectivity index (χ1n) is 33.8. The summed E-state index contributed by atoms with van der Waals surface area (Å²) in [6.45, 7) is 16.6. The summed E-state index contributed by atoms with van der Waals surface area (Å²) in [5, 5.41) is 35.5. The third kappa shape index (κ3) is 18.7. The molecule has 10 rings (SSSR count). The van der Waals surface area contributed by atoms with Gasteiger partial charge in [0.25, 0.3) is 0 Å². The van der Waals surface area contributed by atoms with Crippen LogP contribution in [0.25, 0.3) is 11.0 Å². The van der Waals surface area contributed by atoms with Crippen molar-refractivity contribution in [3.05, 3.63) is 109 Å². The monoisotopic (exact) mass is 1480 g/mol. The lowest BCUT2D eigenvalue weighted by atomic mass is 9.95. The molecule has 6 aromatic rings. The molecule has 36 heteroatoms. The molecule has 4 aliphatic rings. The van der Waals surface area contributed by atoms with Crippen LogP contribution in [0.15, 0.2) is 97.6 Å². The van der Waals surface area contributed by atoms with Gasteiger partial charge in [-0.2, -0.15) is 30.9 Å². The first kappa shape index (κ1) is 78.9. The van der Waals surface area contributed by atoms with E-state index in [1.165, 1.54) is 59.8 Å². The molecular formula is C68H88N14O20P2. The average Bonchev–Trinajstić information content (AvgIpc) is 1.59. The van der Waals surface area contributed by atoms with Gasteiger partial charge in [-0.15, -0.1) is 0 Å². The number of likely N-dealkylation sites (N-methyl/N-ethyl adjacent to an activating group) is 2. The Labute approximate surface area is 600 Å². The molecule has 4 aliphatic heterocycles. The van der Waals surface area contributed by atoms with Gasteiger partial charge in [0.1, 0.15) is 97.0 Å². The molecule has 4 aromatic heterocycles. The van der Waals surface area contributed by atoms with E-state index in [9.17, 15) is 48.4 Å². The van der Waals surface area contributed by atoms with E-state index in [4.69, 9.17) is 67.5 Å². The smallest absolute Gasteiger partial charge is 0.459 e. The number of likely N-dealkylation sites (tertiary alicyclic amines) is 2. The van der Waals surface area contributed by atoms with Gasteiger partial charge in [0.05, 0.1) is 35.1 Å². The van der Waals surface area contributed by atoms with Crippen LogP contribution in [0.1, 0.15) is 106 Å². The highest BCUT2D eigenvalue weighted by Crippen LogP contribution is 2.52. The van der Waals surface area contributed by atoms with Gasteiger partial charge in [-0.3, -0.25) is 37.8 Å². The van der Waals surface area contributed by atoms with Crippen molar-refractivity contribution in [2.75, 3.05) is 65.0 Å². The number of rotatable bonds is 28. The van der Waals surface area contributed by atoms with E-state index in [0.29, 0.717) is 37.0 Å². The summed E-state index contributed by atoms with van der Waals surface area (Å²) in [4.78, 5) is 90.9. The molecule has 6 N–H and O–H groups in total. The summed E-state index contributed by atoms with van der Waals surface area (Å²) in [6, 6.07) is 24.2. The number of nitrogens with two attached hydrogens (primary N) is 2. The maximum absolute atomic E-state index is 14.5. The largest absolute Gasteiger partial charge is 0.460 e. The number of hydrogen-bond acceptors (Lipinski definition) is 30. The third-order valence-corrected chi connectivity index (χ3v) is 20.4. The predicted octanol–water partition coefficient (Wildman–Crippen LogP) is 6.42. The molecular weight excluding hydrogens is 1390 g/mol. The van der Waals surface area contributed by atoms with Gasteiger partial charge in [0, 0.05) is 26.2 Å². The van der Waals surface area contributed by atoms with Gasteiger partial charge < -0.3 is 68.2 Å². The Kier molecular flexibility index (Phi) is 25.6. The fourth-order valence-electron chi connectivity index (χ4n) is 11.4. The van der Waals surface area contributed by atoms with Crippen LogP contribution in [-0.4, -0.2) is 188 Å². The number of anilines is 2. The van der Waals surface area contributed by atoms with E-state index >= 15 is 0 Å². The third-order valence-electron chi connectivity index (χ3n) is 17.2. The van der Waals surface area contributed by atoms with Crippen molar-refractivity contribution in [2.24, 2.45) is 23.7 Å². The van der Waals surface area contributed by atoms with Gasteiger partial charge in [-0.1, -0.05) is 91.8 Å². The van der Waals surface area contributed by atoms with Gasteiger partial charge in [-0.25, -0.2) is 28.1 Å². The molecule has 4 saturated heterocycles. The quantitative estimate of drug-likeness (QED) is 0.0234. The molecule has 2 aromatic carbocycles. The number of ether oxygens (including phenoxy) is 8. The Morgan fingerprint density at radius 1 is 0.529 bits per heavy atom. The van der Waals surface area contributed by atoms with Crippen molar-refractivity contribution in [1.82, 2.24) is 49.2 Å². The van der Waals surface area contributed by atoms with Crippen LogP contribution in [0, 0.1) is 46.3 Å². The highest BCUT2D eigenvalue weighted by Gasteiger charge is 2.64. The fourth-order valence-corrected chi connectivity index (χ4v) is 14.4. The van der Waals surface area contributed by atoms with E-state index in [-0.39, 0.29) is 46.7 Å². The number of nitrogens with one attached hydrogen (secondary N) is 2. The number of para-hydroxylation sites is 2. The van der Waals surface area contributed by atoms with Crippen molar-refractivity contribution in [3.8, 4) is 23.6 Å². The molecule has 0 aliphatic carbocycles. The maximum Gasteiger partial charge on any atom is 0.459 e. The topological polar surface area (TPSA) is 438 Å². The second-order valence-electron chi connectivity index (χ2n) is 26.9. The summed E-state index contributed by atoms with van der Waals surface area (Å²) >= 11 is 0. The van der Waals surface area contributed by atoms with E-state index < -0.39 is 148 Å². The molecule has 0 bridgehead atoms. The van der Waals surface area contributed by atoms with Crippen LogP contribution in [0.5, 0.6) is 11.5 Å². The van der Waals surface area contributed by atoms with E-state index in [0.717, 1.165) is 13.1 Å². The zero-order chi connectivity index (χ0) is 75.6. The summed E-state index contributed by atoms with van der Waals surface area (Å²) < 4.78 is 103. The Hall–Kier alpha value is -9.18. The number of aromatic nitrogens is 6. The minimum Gasteiger partial charge on any atom is -0.460 e. The van der Waals surface area contributed by atoms with E-state index in [1.54, 1.807) is 116 Å². The summed E-state index contributed by atoms with van der Waals surface area (Å²) in [6.07, 6.45) is -5.63. The van der Waals surface area contributed by atoms with Crippen LogP contribution in [0.4, 0.5) is 11.6 Å². The van der Waals surface area contributed by atoms with Crippen LogP contribution >= 0.6 is 15.5 Å². The van der Waals surface area contributed by atoms with Crippen molar-refractivity contribution in [3.63, 3.8) is 0 Å². The molecule has 4 fully saturated rings. The fraction of sp³-hybridized carbons (Fsp3) is 0.529. The highest BCUT2D eigenvalue weighted by molar-refractivity contribution is 7.52. The molecule has 14 atom stereocenters. The number of nitrogens with zero attached hydrogens (tertiary/aromatic N) is 10. The molecule has 0 spiro atoms. The molecule has 104 heavy (non-hydrogen) atoms.